The fraction of sp³-hybridized carbons (Fsp3) is 0.562. The minimum Gasteiger partial charge on any atom is -0.294 e. The lowest BCUT2D eigenvalue weighted by Gasteiger charge is -2.04. The smallest absolute Gasteiger partial charge is 0.167 e. The van der Waals surface area contributed by atoms with Crippen molar-refractivity contribution in [3.05, 3.63) is 35.4 Å². The van der Waals surface area contributed by atoms with Gasteiger partial charge >= 0.3 is 0 Å². The van der Waals surface area contributed by atoms with E-state index in [0.717, 1.165) is 12.0 Å². The Labute approximate surface area is 104 Å². The van der Waals surface area contributed by atoms with Crippen LogP contribution < -0.4 is 0 Å². The van der Waals surface area contributed by atoms with Crippen LogP contribution in [0.3, 0.4) is 0 Å². The zero-order valence-electron chi connectivity index (χ0n) is 11.5. The van der Waals surface area contributed by atoms with Crippen molar-refractivity contribution in [1.29, 1.82) is 0 Å². The molecule has 1 aromatic carbocycles. The van der Waals surface area contributed by atoms with E-state index in [9.17, 15) is 4.79 Å². The first-order valence-corrected chi connectivity index (χ1v) is 6.45. The summed E-state index contributed by atoms with van der Waals surface area (Å²) >= 11 is 0. The Morgan fingerprint density at radius 2 is 1.76 bits per heavy atom. The van der Waals surface area contributed by atoms with Crippen LogP contribution in [0.15, 0.2) is 24.3 Å². The number of Topliss-reactive ketones (excluding diaryl/α,β-unsaturated/α-hetero) is 1. The van der Waals surface area contributed by atoms with Crippen molar-refractivity contribution in [1.82, 2.24) is 0 Å². The molecule has 0 heterocycles. The summed E-state index contributed by atoms with van der Waals surface area (Å²) in [6.07, 6.45) is 0.985. The van der Waals surface area contributed by atoms with Crippen LogP contribution in [0.2, 0.25) is 0 Å². The average Bonchev–Trinajstić information content (AvgIpc) is 2.69. The van der Waals surface area contributed by atoms with Gasteiger partial charge in [-0.1, -0.05) is 52.8 Å². The molecule has 0 aromatic heterocycles. The van der Waals surface area contributed by atoms with Crippen molar-refractivity contribution in [2.45, 2.75) is 41.0 Å². The number of rotatable bonds is 3. The Morgan fingerprint density at radius 1 is 1.18 bits per heavy atom. The molecule has 2 rings (SSSR count). The second kappa shape index (κ2) is 3.69. The fourth-order valence-electron chi connectivity index (χ4n) is 2.96. The zero-order valence-corrected chi connectivity index (χ0v) is 11.5. The van der Waals surface area contributed by atoms with E-state index in [4.69, 9.17) is 0 Å². The Balaban J connectivity index is 2.28. The lowest BCUT2D eigenvalue weighted by molar-refractivity contribution is 0.0945. The first-order chi connectivity index (χ1) is 7.82. The molecule has 0 spiro atoms. The Hall–Kier alpha value is -1.11. The van der Waals surface area contributed by atoms with Crippen molar-refractivity contribution >= 4 is 5.78 Å². The number of carbonyl (C=O) groups excluding carboxylic acids is 1. The molecule has 0 saturated heterocycles. The first kappa shape index (κ1) is 12.3. The molecule has 1 aliphatic carbocycles. The van der Waals surface area contributed by atoms with E-state index in [2.05, 4.69) is 40.7 Å². The highest BCUT2D eigenvalue weighted by molar-refractivity contribution is 6.01. The lowest BCUT2D eigenvalue weighted by Crippen LogP contribution is -2.07. The van der Waals surface area contributed by atoms with E-state index in [1.807, 2.05) is 18.2 Å². The molecule has 1 fully saturated rings. The SMILES string of the molecule is CCc1cccc(C(=O)C2C(C)(C)C2(C)C)c1. The van der Waals surface area contributed by atoms with Gasteiger partial charge in [-0.3, -0.25) is 4.79 Å². The fourth-order valence-corrected chi connectivity index (χ4v) is 2.96. The number of benzene rings is 1. The van der Waals surface area contributed by atoms with Gasteiger partial charge in [0.25, 0.3) is 0 Å². The van der Waals surface area contributed by atoms with Gasteiger partial charge in [0.05, 0.1) is 0 Å². The molecule has 1 nitrogen and oxygen atoms in total. The van der Waals surface area contributed by atoms with Gasteiger partial charge in [0.2, 0.25) is 0 Å². The quantitative estimate of drug-likeness (QED) is 0.714. The van der Waals surface area contributed by atoms with E-state index >= 15 is 0 Å². The maximum absolute atomic E-state index is 12.5. The molecule has 0 aliphatic heterocycles. The molecule has 17 heavy (non-hydrogen) atoms. The highest BCUT2D eigenvalue weighted by atomic mass is 16.1. The van der Waals surface area contributed by atoms with Crippen molar-refractivity contribution < 1.29 is 4.79 Å². The normalized spacial score (nSPS) is 21.2. The minimum atomic E-state index is 0.131. The van der Waals surface area contributed by atoms with E-state index in [-0.39, 0.29) is 16.7 Å². The van der Waals surface area contributed by atoms with Crippen LogP contribution in [0, 0.1) is 16.7 Å². The second-order valence-corrected chi connectivity index (χ2v) is 6.29. The predicted molar refractivity (Wildman–Crippen MR) is 71.2 cm³/mol. The molecule has 1 aliphatic rings. The summed E-state index contributed by atoms with van der Waals surface area (Å²) < 4.78 is 0. The third-order valence-corrected chi connectivity index (χ3v) is 4.90. The van der Waals surface area contributed by atoms with Crippen molar-refractivity contribution in [3.63, 3.8) is 0 Å². The van der Waals surface area contributed by atoms with Gasteiger partial charge < -0.3 is 0 Å². The number of aryl methyl sites for hydroxylation is 1. The standard InChI is InChI=1S/C16H22O/c1-6-11-8-7-9-12(10-11)13(17)14-15(2,3)16(14,4)5/h7-10,14H,6H2,1-5H3. The van der Waals surface area contributed by atoms with Crippen LogP contribution >= 0.6 is 0 Å². The van der Waals surface area contributed by atoms with Gasteiger partial charge in [-0.05, 0) is 28.9 Å². The molecule has 1 aromatic rings. The average molecular weight is 230 g/mol. The molecule has 0 atom stereocenters. The summed E-state index contributed by atoms with van der Waals surface area (Å²) in [6.45, 7) is 10.9. The highest BCUT2D eigenvalue weighted by Gasteiger charge is 2.67. The number of hydrogen-bond acceptors (Lipinski definition) is 1. The second-order valence-electron chi connectivity index (χ2n) is 6.29. The van der Waals surface area contributed by atoms with Crippen molar-refractivity contribution in [2.75, 3.05) is 0 Å². The number of ketones is 1. The van der Waals surface area contributed by atoms with E-state index in [0.29, 0.717) is 5.78 Å². The summed E-state index contributed by atoms with van der Waals surface area (Å²) in [5.74, 6) is 0.484. The van der Waals surface area contributed by atoms with Crippen LogP contribution in [0.1, 0.15) is 50.5 Å². The van der Waals surface area contributed by atoms with E-state index in [1.54, 1.807) is 0 Å². The lowest BCUT2D eigenvalue weighted by atomic mass is 9.99. The van der Waals surface area contributed by atoms with Gasteiger partial charge in [0, 0.05) is 11.5 Å². The maximum Gasteiger partial charge on any atom is 0.167 e. The zero-order chi connectivity index (χ0) is 12.8. The summed E-state index contributed by atoms with van der Waals surface area (Å²) in [4.78, 5) is 12.5. The van der Waals surface area contributed by atoms with Crippen LogP contribution in [0.5, 0.6) is 0 Å². The molecule has 0 radical (unpaired) electrons. The Kier molecular flexibility index (Phi) is 2.68. The summed E-state index contributed by atoms with van der Waals surface area (Å²) in [5, 5.41) is 0. The first-order valence-electron chi connectivity index (χ1n) is 6.45. The third-order valence-electron chi connectivity index (χ3n) is 4.90. The van der Waals surface area contributed by atoms with Gasteiger partial charge in [0.15, 0.2) is 5.78 Å². The van der Waals surface area contributed by atoms with Crippen LogP contribution in [-0.4, -0.2) is 5.78 Å². The molecule has 0 unspecified atom stereocenters. The molecule has 92 valence electrons. The topological polar surface area (TPSA) is 17.1 Å². The molecular weight excluding hydrogens is 208 g/mol. The molecule has 0 amide bonds. The van der Waals surface area contributed by atoms with Gasteiger partial charge in [-0.15, -0.1) is 0 Å². The van der Waals surface area contributed by atoms with Crippen LogP contribution in [0.4, 0.5) is 0 Å². The van der Waals surface area contributed by atoms with Crippen molar-refractivity contribution in [2.24, 2.45) is 16.7 Å². The van der Waals surface area contributed by atoms with Gasteiger partial charge in [-0.25, -0.2) is 0 Å². The largest absolute Gasteiger partial charge is 0.294 e. The third kappa shape index (κ3) is 1.72. The monoisotopic (exact) mass is 230 g/mol. The van der Waals surface area contributed by atoms with Crippen LogP contribution in [-0.2, 0) is 6.42 Å². The molecular formula is C16H22O. The van der Waals surface area contributed by atoms with Gasteiger partial charge in [-0.2, -0.15) is 0 Å². The van der Waals surface area contributed by atoms with Crippen molar-refractivity contribution in [3.8, 4) is 0 Å². The Morgan fingerprint density at radius 3 is 2.24 bits per heavy atom. The highest BCUT2D eigenvalue weighted by Crippen LogP contribution is 2.69. The number of hydrogen-bond donors (Lipinski definition) is 0. The summed E-state index contributed by atoms with van der Waals surface area (Å²) in [6, 6.07) is 8.08. The van der Waals surface area contributed by atoms with Gasteiger partial charge in [0.1, 0.15) is 0 Å². The summed E-state index contributed by atoms with van der Waals surface area (Å²) in [5.41, 5.74) is 2.39. The summed E-state index contributed by atoms with van der Waals surface area (Å²) in [7, 11) is 0. The molecule has 1 heteroatoms. The van der Waals surface area contributed by atoms with Crippen LogP contribution in [0.25, 0.3) is 0 Å². The van der Waals surface area contributed by atoms with E-state index < -0.39 is 0 Å². The minimum absolute atomic E-state index is 0.131. The van der Waals surface area contributed by atoms with E-state index in [1.165, 1.54) is 5.56 Å². The molecule has 0 bridgehead atoms. The maximum atomic E-state index is 12.5. The molecule has 0 N–H and O–H groups in total. The number of carbonyl (C=O) groups is 1. The molecule has 1 saturated carbocycles. The predicted octanol–water partition coefficient (Wildman–Crippen LogP) is 4.11. The Bertz CT molecular complexity index is 440.